The number of ether oxygens (including phenoxy) is 2. The van der Waals surface area contributed by atoms with Crippen molar-refractivity contribution in [1.82, 2.24) is 9.47 Å². The molecule has 2 aliphatic heterocycles. The van der Waals surface area contributed by atoms with Gasteiger partial charge in [0, 0.05) is 67.2 Å². The van der Waals surface area contributed by atoms with E-state index >= 15 is 0 Å². The van der Waals surface area contributed by atoms with E-state index in [1.807, 2.05) is 6.07 Å². The van der Waals surface area contributed by atoms with Crippen molar-refractivity contribution < 1.29 is 35.5 Å². The maximum atomic E-state index is 13.7. The third-order valence-corrected chi connectivity index (χ3v) is 10.8. The molecule has 13 heteroatoms. The van der Waals surface area contributed by atoms with Gasteiger partial charge in [0.15, 0.2) is 9.84 Å². The molecule has 8 nitrogen and oxygen atoms in total. The summed E-state index contributed by atoms with van der Waals surface area (Å²) in [6.07, 6.45) is 3.05. The fourth-order valence-electron chi connectivity index (χ4n) is 7.19. The highest BCUT2D eigenvalue weighted by Gasteiger charge is 2.46. The Balaban J connectivity index is 1.14. The van der Waals surface area contributed by atoms with E-state index < -0.39 is 29.4 Å². The Bertz CT molecular complexity index is 1740. The van der Waals surface area contributed by atoms with Gasteiger partial charge in [0.25, 0.3) is 0 Å². The fraction of sp³-hybridized carbons (Fsp3) is 0.529. The number of alkyl halides is 4. The summed E-state index contributed by atoms with van der Waals surface area (Å²) in [5, 5.41) is 7.24. The maximum Gasteiger partial charge on any atom is 0.406 e. The molecular weight excluding hydrogens is 636 g/mol. The van der Waals surface area contributed by atoms with E-state index in [0.717, 1.165) is 76.8 Å². The molecule has 2 aromatic carbocycles. The molecule has 1 saturated carbocycles. The van der Waals surface area contributed by atoms with E-state index in [2.05, 4.69) is 27.4 Å². The molecule has 1 aromatic heterocycles. The molecule has 0 bridgehead atoms. The molecule has 3 fully saturated rings. The highest BCUT2D eigenvalue weighted by atomic mass is 32.2. The summed E-state index contributed by atoms with van der Waals surface area (Å²) in [5.74, 6) is 5.71. The van der Waals surface area contributed by atoms with Gasteiger partial charge < -0.3 is 24.7 Å². The van der Waals surface area contributed by atoms with Gasteiger partial charge in [0.1, 0.15) is 12.3 Å². The van der Waals surface area contributed by atoms with E-state index in [9.17, 15) is 26.0 Å². The Morgan fingerprint density at radius 2 is 1.79 bits per heavy atom. The van der Waals surface area contributed by atoms with Crippen LogP contribution in [0.4, 0.5) is 28.9 Å². The zero-order valence-corrected chi connectivity index (χ0v) is 27.2. The van der Waals surface area contributed by atoms with Gasteiger partial charge in [-0.15, -0.1) is 0 Å². The molecule has 0 unspecified atom stereocenters. The lowest BCUT2D eigenvalue weighted by atomic mass is 9.71. The Morgan fingerprint density at radius 3 is 2.47 bits per heavy atom. The lowest BCUT2D eigenvalue weighted by molar-refractivity contribution is -0.140. The molecule has 0 radical (unpaired) electrons. The summed E-state index contributed by atoms with van der Waals surface area (Å²) in [6.45, 7) is 1.69. The number of halogens is 4. The number of rotatable bonds is 9. The lowest BCUT2D eigenvalue weighted by Gasteiger charge is -2.56. The predicted molar refractivity (Wildman–Crippen MR) is 173 cm³/mol. The van der Waals surface area contributed by atoms with Gasteiger partial charge in [-0.05, 0) is 74.8 Å². The van der Waals surface area contributed by atoms with Crippen LogP contribution in [0, 0.1) is 17.3 Å². The minimum absolute atomic E-state index is 0.00528. The fourth-order valence-corrected chi connectivity index (χ4v) is 7.83. The molecule has 2 saturated heterocycles. The molecule has 1 spiro atoms. The second-order valence-corrected chi connectivity index (χ2v) is 15.0. The van der Waals surface area contributed by atoms with Gasteiger partial charge in [-0.2, -0.15) is 13.2 Å². The number of benzene rings is 2. The zero-order chi connectivity index (χ0) is 33.2. The molecule has 0 atom stereocenters. The van der Waals surface area contributed by atoms with Gasteiger partial charge >= 0.3 is 6.18 Å². The molecule has 254 valence electrons. The van der Waals surface area contributed by atoms with E-state index in [4.69, 9.17) is 9.47 Å². The molecular formula is C34H40F4N4O4S. The number of hydrogen-bond donors (Lipinski definition) is 2. The first kappa shape index (κ1) is 33.4. The van der Waals surface area contributed by atoms with Crippen molar-refractivity contribution in [1.29, 1.82) is 0 Å². The van der Waals surface area contributed by atoms with E-state index in [0.29, 0.717) is 28.0 Å². The Kier molecular flexibility index (Phi) is 9.65. The van der Waals surface area contributed by atoms with Gasteiger partial charge in [0.05, 0.1) is 28.3 Å². The number of nitrogens with zero attached hydrogens (tertiary/aromatic N) is 2. The minimum Gasteiger partial charge on any atom is -0.461 e. The third kappa shape index (κ3) is 7.82. The van der Waals surface area contributed by atoms with Gasteiger partial charge in [-0.3, -0.25) is 4.90 Å². The highest BCUT2D eigenvalue weighted by Crippen LogP contribution is 2.43. The Morgan fingerprint density at radius 1 is 1.04 bits per heavy atom. The average Bonchev–Trinajstić information content (AvgIpc) is 3.35. The first-order valence-electron chi connectivity index (χ1n) is 16.0. The van der Waals surface area contributed by atoms with Crippen molar-refractivity contribution in [3.8, 4) is 17.6 Å². The summed E-state index contributed by atoms with van der Waals surface area (Å²) in [7, 11) is -3.54. The number of sulfone groups is 1. The van der Waals surface area contributed by atoms with Crippen LogP contribution in [-0.4, -0.2) is 82.1 Å². The third-order valence-electron chi connectivity index (χ3n) is 9.66. The summed E-state index contributed by atoms with van der Waals surface area (Å²) in [4.78, 5) is 2.59. The van der Waals surface area contributed by atoms with Crippen LogP contribution in [0.3, 0.4) is 0 Å². The Hall–Kier alpha value is -3.47. The molecule has 0 amide bonds. The van der Waals surface area contributed by atoms with Crippen molar-refractivity contribution in [3.63, 3.8) is 0 Å². The SMILES string of the molecule is CS(=O)(=O)c1ccc(NCC#Cc2cc3c(NC4CCC(N5CC6(CCOCC6)C5)CC4)cccc3n2CC(F)(F)F)c(OCF)c1. The van der Waals surface area contributed by atoms with Crippen LogP contribution in [0.15, 0.2) is 47.4 Å². The first-order valence-corrected chi connectivity index (χ1v) is 17.9. The molecule has 47 heavy (non-hydrogen) atoms. The van der Waals surface area contributed by atoms with Crippen LogP contribution < -0.4 is 15.4 Å². The molecule has 1 aliphatic carbocycles. The molecule has 2 N–H and O–H groups in total. The normalized spacial score (nSPS) is 21.6. The summed E-state index contributed by atoms with van der Waals surface area (Å²) in [5.41, 5.74) is 2.19. The van der Waals surface area contributed by atoms with Crippen molar-refractivity contribution in [2.75, 3.05) is 56.6 Å². The van der Waals surface area contributed by atoms with Crippen LogP contribution in [0.1, 0.15) is 44.2 Å². The van der Waals surface area contributed by atoms with Crippen LogP contribution in [0.5, 0.6) is 5.75 Å². The average molecular weight is 677 g/mol. The summed E-state index contributed by atoms with van der Waals surface area (Å²) < 4.78 is 89.5. The molecule has 3 aromatic rings. The largest absolute Gasteiger partial charge is 0.461 e. The smallest absolute Gasteiger partial charge is 0.406 e. The number of likely N-dealkylation sites (tertiary alicyclic amines) is 1. The van der Waals surface area contributed by atoms with Gasteiger partial charge in [-0.1, -0.05) is 12.0 Å². The van der Waals surface area contributed by atoms with Crippen molar-refractivity contribution in [2.24, 2.45) is 5.41 Å². The van der Waals surface area contributed by atoms with E-state index in [-0.39, 0.29) is 28.9 Å². The second kappa shape index (κ2) is 13.6. The van der Waals surface area contributed by atoms with Crippen LogP contribution in [-0.2, 0) is 21.1 Å². The number of fused-ring (bicyclic) bond motifs is 1. The van der Waals surface area contributed by atoms with Crippen LogP contribution in [0.2, 0.25) is 0 Å². The van der Waals surface area contributed by atoms with Crippen molar-refractivity contribution in [2.45, 2.75) is 68.2 Å². The number of hydrogen-bond acceptors (Lipinski definition) is 7. The van der Waals surface area contributed by atoms with E-state index in [1.54, 1.807) is 18.2 Å². The molecule has 6 rings (SSSR count). The monoisotopic (exact) mass is 676 g/mol. The predicted octanol–water partition coefficient (Wildman–Crippen LogP) is 6.21. The van der Waals surface area contributed by atoms with Crippen molar-refractivity contribution in [3.05, 3.63) is 48.2 Å². The van der Waals surface area contributed by atoms with Gasteiger partial charge in [0.2, 0.25) is 6.86 Å². The zero-order valence-electron chi connectivity index (χ0n) is 26.3. The summed E-state index contributed by atoms with van der Waals surface area (Å²) in [6, 6.07) is 11.8. The number of aromatic nitrogens is 1. The molecule has 3 aliphatic rings. The number of anilines is 2. The lowest BCUT2D eigenvalue weighted by Crippen LogP contribution is -2.62. The quantitative estimate of drug-likeness (QED) is 0.206. The second-order valence-electron chi connectivity index (χ2n) is 13.0. The Labute approximate surface area is 272 Å². The van der Waals surface area contributed by atoms with Crippen molar-refractivity contribution >= 4 is 32.1 Å². The standard InChI is InChI=1S/C34H40F4N4O4S/c1-47(43,44)27-11-12-30(32(19-27)46-23-35)39-15-3-4-26-18-28-29(5-2-6-31(28)42(26)22-34(36,37)38)40-24-7-9-25(10-8-24)41-20-33(21-41)13-16-45-17-14-33/h2,5-6,11-12,18-19,24-25,39-40H,7-10,13-17,20-23H2,1H3. The molecule has 3 heterocycles. The number of nitrogens with one attached hydrogen (secondary N) is 2. The maximum absolute atomic E-state index is 13.7. The van der Waals surface area contributed by atoms with Gasteiger partial charge in [-0.25, -0.2) is 12.8 Å². The first-order chi connectivity index (χ1) is 22.4. The minimum atomic E-state index is -4.46. The van der Waals surface area contributed by atoms with Crippen LogP contribution in [0.25, 0.3) is 10.9 Å². The topological polar surface area (TPSA) is 84.8 Å². The van der Waals surface area contributed by atoms with Crippen LogP contribution >= 0.6 is 0 Å². The highest BCUT2D eigenvalue weighted by molar-refractivity contribution is 7.90. The van der Waals surface area contributed by atoms with E-state index in [1.165, 1.54) is 22.8 Å². The summed E-state index contributed by atoms with van der Waals surface area (Å²) >= 11 is 0.